The Bertz CT molecular complexity index is 732. The van der Waals surface area contributed by atoms with E-state index in [0.717, 1.165) is 12.2 Å². The molecule has 0 radical (unpaired) electrons. The number of hydrogen-bond donors (Lipinski definition) is 1. The summed E-state index contributed by atoms with van der Waals surface area (Å²) in [6.45, 7) is 1.14. The second kappa shape index (κ2) is 7.34. The molecule has 1 amide bonds. The van der Waals surface area contributed by atoms with Crippen LogP contribution in [0.4, 0.5) is 4.39 Å². The molecule has 0 aliphatic carbocycles. The number of nitrogens with one attached hydrogen (secondary N) is 1. The van der Waals surface area contributed by atoms with Gasteiger partial charge >= 0.3 is 0 Å². The molecule has 0 fully saturated rings. The largest absolute Gasteiger partial charge is 0.494 e. The minimum atomic E-state index is -0.458. The fraction of sp³-hybridized carbons (Fsp3) is 0.316. The summed E-state index contributed by atoms with van der Waals surface area (Å²) < 4.78 is 24.2. The van der Waals surface area contributed by atoms with Crippen LogP contribution in [0.5, 0.6) is 11.5 Å². The number of carbonyl (C=O) groups excluding carboxylic acids is 1. The lowest BCUT2D eigenvalue weighted by Crippen LogP contribution is -2.35. The van der Waals surface area contributed by atoms with Crippen LogP contribution in [0.25, 0.3) is 0 Å². The lowest BCUT2D eigenvalue weighted by Gasteiger charge is -2.25. The van der Waals surface area contributed by atoms with Gasteiger partial charge in [0.1, 0.15) is 5.75 Å². The molecular formula is C19H20FNO3. The molecule has 126 valence electrons. The molecule has 0 unspecified atom stereocenters. The predicted molar refractivity (Wildman–Crippen MR) is 88.8 cm³/mol. The molecule has 5 heteroatoms. The van der Waals surface area contributed by atoms with Gasteiger partial charge in [0, 0.05) is 12.5 Å². The zero-order chi connectivity index (χ0) is 16.9. The number of amides is 1. The normalized spacial score (nSPS) is 16.0. The van der Waals surface area contributed by atoms with Crippen LogP contribution in [0.3, 0.4) is 0 Å². The standard InChI is InChI=1S/C19H20FNO3/c1-23-18-7-6-13(9-16(18)20)10-19(22)21-11-14-8-15-4-2-3-5-17(15)24-12-14/h2-7,9,14H,8,10-12H2,1H3,(H,21,22)/t14-/m0/s1. The number of hydrogen-bond acceptors (Lipinski definition) is 3. The summed E-state index contributed by atoms with van der Waals surface area (Å²) in [5.74, 6) is 0.765. The Morgan fingerprint density at radius 1 is 1.33 bits per heavy atom. The van der Waals surface area contributed by atoms with Crippen molar-refractivity contribution in [1.29, 1.82) is 0 Å². The number of rotatable bonds is 5. The van der Waals surface area contributed by atoms with Crippen LogP contribution < -0.4 is 14.8 Å². The van der Waals surface area contributed by atoms with Gasteiger partial charge in [-0.05, 0) is 35.7 Å². The summed E-state index contributed by atoms with van der Waals surface area (Å²) in [5, 5.41) is 2.91. The van der Waals surface area contributed by atoms with Gasteiger partial charge in [0.05, 0.1) is 20.1 Å². The third kappa shape index (κ3) is 3.85. The molecule has 1 N–H and O–H groups in total. The highest BCUT2D eigenvalue weighted by Gasteiger charge is 2.20. The number of fused-ring (bicyclic) bond motifs is 1. The van der Waals surface area contributed by atoms with Gasteiger partial charge in [-0.2, -0.15) is 0 Å². The average molecular weight is 329 g/mol. The Kier molecular flexibility index (Phi) is 4.99. The lowest BCUT2D eigenvalue weighted by atomic mass is 9.96. The van der Waals surface area contributed by atoms with Crippen LogP contribution in [0.2, 0.25) is 0 Å². The molecule has 3 rings (SSSR count). The first-order chi connectivity index (χ1) is 11.7. The Morgan fingerprint density at radius 2 is 2.17 bits per heavy atom. The van der Waals surface area contributed by atoms with E-state index in [9.17, 15) is 9.18 Å². The van der Waals surface area contributed by atoms with Crippen molar-refractivity contribution in [3.63, 3.8) is 0 Å². The fourth-order valence-electron chi connectivity index (χ4n) is 2.85. The van der Waals surface area contributed by atoms with Crippen molar-refractivity contribution in [1.82, 2.24) is 5.32 Å². The minimum absolute atomic E-state index is 0.126. The zero-order valence-corrected chi connectivity index (χ0v) is 13.5. The van der Waals surface area contributed by atoms with Crippen LogP contribution in [0, 0.1) is 11.7 Å². The van der Waals surface area contributed by atoms with Crippen LogP contribution in [-0.2, 0) is 17.6 Å². The van der Waals surface area contributed by atoms with Gasteiger partial charge in [-0.25, -0.2) is 4.39 Å². The van der Waals surface area contributed by atoms with Crippen LogP contribution >= 0.6 is 0 Å². The maximum atomic E-state index is 13.6. The summed E-state index contributed by atoms with van der Waals surface area (Å²) in [5.41, 5.74) is 1.79. The summed E-state index contributed by atoms with van der Waals surface area (Å²) in [4.78, 5) is 12.1. The fourth-order valence-corrected chi connectivity index (χ4v) is 2.85. The average Bonchev–Trinajstić information content (AvgIpc) is 2.60. The van der Waals surface area contributed by atoms with E-state index in [4.69, 9.17) is 9.47 Å². The topological polar surface area (TPSA) is 47.6 Å². The quantitative estimate of drug-likeness (QED) is 0.917. The predicted octanol–water partition coefficient (Wildman–Crippen LogP) is 2.74. The molecule has 4 nitrogen and oxygen atoms in total. The minimum Gasteiger partial charge on any atom is -0.494 e. The Labute approximate surface area is 140 Å². The van der Waals surface area contributed by atoms with E-state index in [-0.39, 0.29) is 24.0 Å². The first-order valence-corrected chi connectivity index (χ1v) is 7.95. The number of methoxy groups -OCH3 is 1. The Balaban J connectivity index is 1.50. The van der Waals surface area contributed by atoms with Gasteiger partial charge in [-0.15, -0.1) is 0 Å². The first kappa shape index (κ1) is 16.3. The summed E-state index contributed by atoms with van der Waals surface area (Å²) >= 11 is 0. The van der Waals surface area contributed by atoms with Crippen molar-refractivity contribution in [2.75, 3.05) is 20.3 Å². The van der Waals surface area contributed by atoms with E-state index in [2.05, 4.69) is 5.32 Å². The Morgan fingerprint density at radius 3 is 2.96 bits per heavy atom. The van der Waals surface area contributed by atoms with Gasteiger partial charge in [0.2, 0.25) is 5.91 Å². The highest BCUT2D eigenvalue weighted by Crippen LogP contribution is 2.26. The van der Waals surface area contributed by atoms with E-state index in [1.165, 1.54) is 24.8 Å². The smallest absolute Gasteiger partial charge is 0.224 e. The molecular weight excluding hydrogens is 309 g/mol. The van der Waals surface area contributed by atoms with Crippen molar-refractivity contribution in [2.45, 2.75) is 12.8 Å². The number of halogens is 1. The third-order valence-corrected chi connectivity index (χ3v) is 4.12. The monoisotopic (exact) mass is 329 g/mol. The second-order valence-corrected chi connectivity index (χ2v) is 5.94. The number of para-hydroxylation sites is 1. The van der Waals surface area contributed by atoms with E-state index >= 15 is 0 Å². The van der Waals surface area contributed by atoms with Crippen LogP contribution in [-0.4, -0.2) is 26.2 Å². The van der Waals surface area contributed by atoms with Crippen LogP contribution in [0.1, 0.15) is 11.1 Å². The molecule has 2 aromatic carbocycles. The number of benzene rings is 2. The molecule has 1 aliphatic heterocycles. The van der Waals surface area contributed by atoms with Crippen molar-refractivity contribution in [3.05, 3.63) is 59.4 Å². The SMILES string of the molecule is COc1ccc(CC(=O)NC[C@H]2COc3ccccc3C2)cc1F. The highest BCUT2D eigenvalue weighted by atomic mass is 19.1. The van der Waals surface area contributed by atoms with Crippen molar-refractivity contribution in [2.24, 2.45) is 5.92 Å². The maximum absolute atomic E-state index is 13.6. The second-order valence-electron chi connectivity index (χ2n) is 5.94. The van der Waals surface area contributed by atoms with E-state index in [1.807, 2.05) is 24.3 Å². The van der Waals surface area contributed by atoms with Crippen molar-refractivity contribution >= 4 is 5.91 Å². The van der Waals surface area contributed by atoms with Gasteiger partial charge in [0.15, 0.2) is 11.6 Å². The maximum Gasteiger partial charge on any atom is 0.224 e. The zero-order valence-electron chi connectivity index (χ0n) is 13.5. The summed E-state index contributed by atoms with van der Waals surface area (Å²) in [6.07, 6.45) is 1.03. The lowest BCUT2D eigenvalue weighted by molar-refractivity contribution is -0.120. The van der Waals surface area contributed by atoms with Gasteiger partial charge in [0.25, 0.3) is 0 Å². The number of ether oxygens (including phenoxy) is 2. The molecule has 0 bridgehead atoms. The highest BCUT2D eigenvalue weighted by molar-refractivity contribution is 5.78. The molecule has 0 spiro atoms. The molecule has 2 aromatic rings. The molecule has 1 aliphatic rings. The first-order valence-electron chi connectivity index (χ1n) is 7.95. The van der Waals surface area contributed by atoms with E-state index < -0.39 is 5.82 Å². The number of carbonyl (C=O) groups is 1. The molecule has 0 saturated carbocycles. The third-order valence-electron chi connectivity index (χ3n) is 4.12. The van der Waals surface area contributed by atoms with Crippen molar-refractivity contribution < 1.29 is 18.7 Å². The molecule has 0 aromatic heterocycles. The van der Waals surface area contributed by atoms with Gasteiger partial charge in [-0.3, -0.25) is 4.79 Å². The summed E-state index contributed by atoms with van der Waals surface area (Å²) in [7, 11) is 1.41. The molecule has 0 saturated heterocycles. The van der Waals surface area contributed by atoms with E-state index in [0.29, 0.717) is 18.7 Å². The Hall–Kier alpha value is -2.56. The van der Waals surface area contributed by atoms with Gasteiger partial charge < -0.3 is 14.8 Å². The van der Waals surface area contributed by atoms with Gasteiger partial charge in [-0.1, -0.05) is 24.3 Å². The molecule has 1 heterocycles. The van der Waals surface area contributed by atoms with Crippen LogP contribution in [0.15, 0.2) is 42.5 Å². The molecule has 24 heavy (non-hydrogen) atoms. The molecule has 1 atom stereocenters. The van der Waals surface area contributed by atoms with Crippen molar-refractivity contribution in [3.8, 4) is 11.5 Å². The van der Waals surface area contributed by atoms with E-state index in [1.54, 1.807) is 6.07 Å². The summed E-state index contributed by atoms with van der Waals surface area (Å²) in [6, 6.07) is 12.5.